The molecule has 7 heteroatoms. The maximum Gasteiger partial charge on any atom is 0.246 e. The molecule has 1 aliphatic heterocycles. The Bertz CT molecular complexity index is 859. The Morgan fingerprint density at radius 2 is 2.03 bits per heavy atom. The van der Waals surface area contributed by atoms with Crippen LogP contribution in [0.1, 0.15) is 35.7 Å². The predicted octanol–water partition coefficient (Wildman–Crippen LogP) is 3.06. The van der Waals surface area contributed by atoms with Crippen LogP contribution in [-0.4, -0.2) is 64.4 Å². The zero-order chi connectivity index (χ0) is 20.8. The molecule has 0 radical (unpaired) electrons. The fraction of sp³-hybridized carbons (Fsp3) is 0.455. The van der Waals surface area contributed by atoms with Gasteiger partial charge in [0.15, 0.2) is 0 Å². The van der Waals surface area contributed by atoms with Crippen molar-refractivity contribution in [3.63, 3.8) is 0 Å². The Hall–Kier alpha value is -2.80. The summed E-state index contributed by atoms with van der Waals surface area (Å²) < 4.78 is 0. The fourth-order valence-corrected chi connectivity index (χ4v) is 3.58. The molecule has 0 saturated carbocycles. The molecular formula is C22H30N6O. The van der Waals surface area contributed by atoms with Gasteiger partial charge in [0, 0.05) is 49.2 Å². The number of likely N-dealkylation sites (N-methyl/N-ethyl adjacent to an activating group) is 1. The lowest BCUT2D eigenvalue weighted by molar-refractivity contribution is -0.127. The van der Waals surface area contributed by atoms with E-state index in [-0.39, 0.29) is 5.91 Å². The second-order valence-electron chi connectivity index (χ2n) is 7.86. The first-order valence-electron chi connectivity index (χ1n) is 10.1. The predicted molar refractivity (Wildman–Crippen MR) is 115 cm³/mol. The number of nitrogens with one attached hydrogen (secondary N) is 1. The number of amides is 1. The van der Waals surface area contributed by atoms with Gasteiger partial charge in [0.25, 0.3) is 0 Å². The molecule has 0 bridgehead atoms. The highest BCUT2D eigenvalue weighted by atomic mass is 16.2. The van der Waals surface area contributed by atoms with E-state index in [2.05, 4.69) is 20.3 Å². The average molecular weight is 395 g/mol. The summed E-state index contributed by atoms with van der Waals surface area (Å²) in [6.07, 6.45) is 7.49. The Labute approximate surface area is 172 Å². The largest absolute Gasteiger partial charge is 0.339 e. The molecule has 2 aromatic heterocycles. The van der Waals surface area contributed by atoms with Gasteiger partial charge >= 0.3 is 0 Å². The van der Waals surface area contributed by atoms with Crippen LogP contribution in [0.3, 0.4) is 0 Å². The Kier molecular flexibility index (Phi) is 6.93. The Morgan fingerprint density at radius 1 is 1.28 bits per heavy atom. The third-order valence-electron chi connectivity index (χ3n) is 4.94. The first kappa shape index (κ1) is 20.9. The number of carbonyl (C=O) groups excluding carboxylic acids is 1. The zero-order valence-electron chi connectivity index (χ0n) is 17.7. The summed E-state index contributed by atoms with van der Waals surface area (Å²) in [5.74, 6) is 1.67. The molecular weight excluding hydrogens is 364 g/mol. The van der Waals surface area contributed by atoms with Gasteiger partial charge in [0.05, 0.1) is 0 Å². The van der Waals surface area contributed by atoms with Crippen LogP contribution in [0.25, 0.3) is 0 Å². The van der Waals surface area contributed by atoms with Gasteiger partial charge in [-0.15, -0.1) is 0 Å². The maximum absolute atomic E-state index is 12.5. The summed E-state index contributed by atoms with van der Waals surface area (Å²) in [5, 5.41) is 3.21. The molecule has 3 heterocycles. The molecule has 1 atom stereocenters. The number of pyridine rings is 1. The van der Waals surface area contributed by atoms with Gasteiger partial charge in [-0.05, 0) is 64.5 Å². The molecule has 1 aliphatic rings. The summed E-state index contributed by atoms with van der Waals surface area (Å²) in [6.45, 7) is 6.21. The van der Waals surface area contributed by atoms with Gasteiger partial charge in [-0.2, -0.15) is 0 Å². The molecule has 3 rings (SSSR count). The van der Waals surface area contributed by atoms with Gasteiger partial charge in [0.1, 0.15) is 5.82 Å². The van der Waals surface area contributed by atoms with Crippen molar-refractivity contribution < 1.29 is 4.79 Å². The molecule has 1 unspecified atom stereocenters. The Balaban J connectivity index is 1.68. The third-order valence-corrected chi connectivity index (χ3v) is 4.94. The normalized spacial score (nSPS) is 17.1. The van der Waals surface area contributed by atoms with Crippen LogP contribution in [-0.2, 0) is 4.79 Å². The summed E-state index contributed by atoms with van der Waals surface area (Å²) in [6, 6.07) is 6.02. The SMILES string of the molecule is Cc1cc(C)nc(Nc2cc(C3CCCN(C(=O)/C=C/CN(C)C)C3)ccn2)n1. The van der Waals surface area contributed by atoms with Crippen LogP contribution in [0.5, 0.6) is 0 Å². The second-order valence-corrected chi connectivity index (χ2v) is 7.86. The fourth-order valence-electron chi connectivity index (χ4n) is 3.58. The second kappa shape index (κ2) is 9.60. The number of hydrogen-bond donors (Lipinski definition) is 1. The number of nitrogens with zero attached hydrogens (tertiary/aromatic N) is 5. The number of piperidine rings is 1. The van der Waals surface area contributed by atoms with Crippen LogP contribution in [0.15, 0.2) is 36.5 Å². The molecule has 1 amide bonds. The van der Waals surface area contributed by atoms with E-state index in [0.717, 1.165) is 49.7 Å². The van der Waals surface area contributed by atoms with E-state index >= 15 is 0 Å². The van der Waals surface area contributed by atoms with Gasteiger partial charge < -0.3 is 15.1 Å². The molecule has 1 saturated heterocycles. The van der Waals surface area contributed by atoms with Crippen molar-refractivity contribution in [3.8, 4) is 0 Å². The van der Waals surface area contributed by atoms with Crippen molar-refractivity contribution in [3.05, 3.63) is 53.5 Å². The van der Waals surface area contributed by atoms with Gasteiger partial charge in [-0.3, -0.25) is 4.79 Å². The number of likely N-dealkylation sites (tertiary alicyclic amines) is 1. The number of hydrogen-bond acceptors (Lipinski definition) is 6. The zero-order valence-corrected chi connectivity index (χ0v) is 17.7. The van der Waals surface area contributed by atoms with Crippen molar-refractivity contribution in [2.45, 2.75) is 32.6 Å². The van der Waals surface area contributed by atoms with Crippen LogP contribution < -0.4 is 5.32 Å². The van der Waals surface area contributed by atoms with Crippen molar-refractivity contribution in [1.29, 1.82) is 0 Å². The van der Waals surface area contributed by atoms with E-state index in [9.17, 15) is 4.79 Å². The molecule has 0 spiro atoms. The highest BCUT2D eigenvalue weighted by Crippen LogP contribution is 2.28. The summed E-state index contributed by atoms with van der Waals surface area (Å²) in [7, 11) is 3.98. The van der Waals surface area contributed by atoms with Crippen molar-refractivity contribution in [2.24, 2.45) is 0 Å². The van der Waals surface area contributed by atoms with Crippen molar-refractivity contribution in [2.75, 3.05) is 39.0 Å². The number of aromatic nitrogens is 3. The molecule has 1 fully saturated rings. The minimum absolute atomic E-state index is 0.0904. The van der Waals surface area contributed by atoms with E-state index in [1.54, 1.807) is 12.3 Å². The first-order chi connectivity index (χ1) is 13.9. The van der Waals surface area contributed by atoms with Gasteiger partial charge in [-0.25, -0.2) is 15.0 Å². The average Bonchev–Trinajstić information content (AvgIpc) is 2.67. The molecule has 2 aromatic rings. The first-order valence-corrected chi connectivity index (χ1v) is 10.1. The van der Waals surface area contributed by atoms with Crippen LogP contribution in [0.4, 0.5) is 11.8 Å². The van der Waals surface area contributed by atoms with E-state index in [0.29, 0.717) is 11.9 Å². The number of aryl methyl sites for hydroxylation is 2. The highest BCUT2D eigenvalue weighted by molar-refractivity contribution is 5.87. The van der Waals surface area contributed by atoms with Gasteiger partial charge in [0.2, 0.25) is 11.9 Å². The number of anilines is 2. The lowest BCUT2D eigenvalue weighted by Gasteiger charge is -2.32. The molecule has 1 N–H and O–H groups in total. The minimum Gasteiger partial charge on any atom is -0.339 e. The van der Waals surface area contributed by atoms with E-state index in [1.807, 2.05) is 62.0 Å². The summed E-state index contributed by atoms with van der Waals surface area (Å²) in [5.41, 5.74) is 3.02. The van der Waals surface area contributed by atoms with Crippen LogP contribution in [0, 0.1) is 13.8 Å². The number of carbonyl (C=O) groups is 1. The van der Waals surface area contributed by atoms with Crippen LogP contribution in [0.2, 0.25) is 0 Å². The molecule has 0 aliphatic carbocycles. The van der Waals surface area contributed by atoms with Crippen molar-refractivity contribution in [1.82, 2.24) is 24.8 Å². The standard InChI is InChI=1S/C22H30N6O/c1-16-13-17(2)25-22(24-16)26-20-14-18(9-10-23-20)19-7-5-12-28(15-19)21(29)8-6-11-27(3)4/h6,8-10,13-14,19H,5,7,11-12,15H2,1-4H3,(H,23,24,25,26)/b8-6+. The van der Waals surface area contributed by atoms with Crippen molar-refractivity contribution >= 4 is 17.7 Å². The molecule has 0 aromatic carbocycles. The van der Waals surface area contributed by atoms with E-state index in [4.69, 9.17) is 0 Å². The molecule has 29 heavy (non-hydrogen) atoms. The summed E-state index contributed by atoms with van der Waals surface area (Å²) in [4.78, 5) is 29.7. The molecule has 154 valence electrons. The number of rotatable bonds is 6. The lowest BCUT2D eigenvalue weighted by atomic mass is 9.91. The highest BCUT2D eigenvalue weighted by Gasteiger charge is 2.24. The topological polar surface area (TPSA) is 74.2 Å². The lowest BCUT2D eigenvalue weighted by Crippen LogP contribution is -2.38. The third kappa shape index (κ3) is 6.09. The van der Waals surface area contributed by atoms with E-state index in [1.165, 1.54) is 5.56 Å². The monoisotopic (exact) mass is 394 g/mol. The summed E-state index contributed by atoms with van der Waals surface area (Å²) >= 11 is 0. The minimum atomic E-state index is 0.0904. The quantitative estimate of drug-likeness (QED) is 0.759. The van der Waals surface area contributed by atoms with Crippen LogP contribution >= 0.6 is 0 Å². The van der Waals surface area contributed by atoms with Gasteiger partial charge in [-0.1, -0.05) is 6.08 Å². The smallest absolute Gasteiger partial charge is 0.246 e. The Morgan fingerprint density at radius 3 is 2.76 bits per heavy atom. The van der Waals surface area contributed by atoms with E-state index < -0.39 is 0 Å². The maximum atomic E-state index is 12.5. The molecule has 7 nitrogen and oxygen atoms in total.